The Kier molecular flexibility index (Phi) is 3.06. The summed E-state index contributed by atoms with van der Waals surface area (Å²) in [5, 5.41) is 2.70. The summed E-state index contributed by atoms with van der Waals surface area (Å²) in [7, 11) is -2.97. The fraction of sp³-hybridized carbons (Fsp3) is 0.364. The molecule has 1 fully saturated rings. The highest BCUT2D eigenvalue weighted by Crippen LogP contribution is 2.13. The number of benzene rings is 1. The minimum atomic E-state index is -2.97. The van der Waals surface area contributed by atoms with Gasteiger partial charge >= 0.3 is 0 Å². The summed E-state index contributed by atoms with van der Waals surface area (Å²) in [5.41, 5.74) is 6.54. The second-order valence-corrected chi connectivity index (χ2v) is 6.43. The summed E-state index contributed by atoms with van der Waals surface area (Å²) in [5.74, 6) is -0.102. The van der Waals surface area contributed by atoms with E-state index in [0.717, 1.165) is 0 Å². The molecule has 92 valence electrons. The zero-order valence-corrected chi connectivity index (χ0v) is 10.0. The van der Waals surface area contributed by atoms with Gasteiger partial charge in [-0.25, -0.2) is 8.42 Å². The molecule has 1 aromatic carbocycles. The molecular weight excluding hydrogens is 240 g/mol. The Labute approximate surface area is 99.9 Å². The van der Waals surface area contributed by atoms with Crippen molar-refractivity contribution in [3.8, 4) is 0 Å². The van der Waals surface area contributed by atoms with Crippen LogP contribution in [0.5, 0.6) is 0 Å². The zero-order chi connectivity index (χ0) is 12.5. The minimum Gasteiger partial charge on any atom is -0.399 e. The number of rotatable bonds is 2. The van der Waals surface area contributed by atoms with E-state index in [1.54, 1.807) is 24.3 Å². The number of sulfone groups is 1. The van der Waals surface area contributed by atoms with Crippen LogP contribution in [-0.4, -0.2) is 31.9 Å². The summed E-state index contributed by atoms with van der Waals surface area (Å²) < 4.78 is 22.5. The molecule has 2 rings (SSSR count). The lowest BCUT2D eigenvalue weighted by Gasteiger charge is -2.10. The molecule has 5 nitrogen and oxygen atoms in total. The van der Waals surface area contributed by atoms with Gasteiger partial charge in [0.25, 0.3) is 5.91 Å². The average molecular weight is 254 g/mol. The molecule has 1 amide bonds. The highest BCUT2D eigenvalue weighted by molar-refractivity contribution is 7.91. The lowest BCUT2D eigenvalue weighted by molar-refractivity contribution is 0.0941. The molecule has 0 radical (unpaired) electrons. The molecule has 3 N–H and O–H groups in total. The van der Waals surface area contributed by atoms with E-state index in [1.807, 2.05) is 0 Å². The molecule has 0 spiro atoms. The van der Waals surface area contributed by atoms with Crippen LogP contribution in [0.3, 0.4) is 0 Å². The third kappa shape index (κ3) is 2.97. The molecule has 1 atom stereocenters. The largest absolute Gasteiger partial charge is 0.399 e. The molecule has 1 heterocycles. The molecule has 1 aliphatic rings. The maximum absolute atomic E-state index is 11.8. The molecule has 0 saturated carbocycles. The van der Waals surface area contributed by atoms with Gasteiger partial charge in [-0.3, -0.25) is 4.79 Å². The van der Waals surface area contributed by atoms with Gasteiger partial charge in [0.05, 0.1) is 11.5 Å². The third-order valence-electron chi connectivity index (χ3n) is 2.72. The van der Waals surface area contributed by atoms with Gasteiger partial charge in [-0.15, -0.1) is 0 Å². The van der Waals surface area contributed by atoms with E-state index < -0.39 is 9.84 Å². The molecule has 0 unspecified atom stereocenters. The molecule has 0 aromatic heterocycles. The lowest BCUT2D eigenvalue weighted by atomic mass is 10.1. The summed E-state index contributed by atoms with van der Waals surface area (Å²) in [6, 6.07) is 6.31. The topological polar surface area (TPSA) is 89.3 Å². The maximum Gasteiger partial charge on any atom is 0.251 e. The van der Waals surface area contributed by atoms with Crippen LogP contribution in [0.1, 0.15) is 16.8 Å². The molecule has 0 aliphatic carbocycles. The van der Waals surface area contributed by atoms with Crippen LogP contribution in [0, 0.1) is 0 Å². The molecular formula is C11H14N2O3S. The van der Waals surface area contributed by atoms with Crippen molar-refractivity contribution in [3.05, 3.63) is 29.8 Å². The molecule has 1 saturated heterocycles. The molecule has 17 heavy (non-hydrogen) atoms. The van der Waals surface area contributed by atoms with Crippen LogP contribution in [-0.2, 0) is 9.84 Å². The van der Waals surface area contributed by atoms with Gasteiger partial charge < -0.3 is 11.1 Å². The van der Waals surface area contributed by atoms with Crippen molar-refractivity contribution in [1.29, 1.82) is 0 Å². The predicted octanol–water partition coefficient (Wildman–Crippen LogP) is 0.186. The van der Waals surface area contributed by atoms with E-state index in [-0.39, 0.29) is 23.5 Å². The van der Waals surface area contributed by atoms with Crippen molar-refractivity contribution in [3.63, 3.8) is 0 Å². The Morgan fingerprint density at radius 2 is 2.18 bits per heavy atom. The van der Waals surface area contributed by atoms with E-state index in [1.165, 1.54) is 0 Å². The average Bonchev–Trinajstić information content (AvgIpc) is 2.58. The van der Waals surface area contributed by atoms with Crippen LogP contribution in [0.25, 0.3) is 0 Å². The number of nitrogen functional groups attached to an aromatic ring is 1. The van der Waals surface area contributed by atoms with Crippen molar-refractivity contribution < 1.29 is 13.2 Å². The van der Waals surface area contributed by atoms with Crippen LogP contribution >= 0.6 is 0 Å². The number of carbonyl (C=O) groups is 1. The molecule has 1 aromatic rings. The van der Waals surface area contributed by atoms with Crippen molar-refractivity contribution >= 4 is 21.4 Å². The van der Waals surface area contributed by atoms with Gasteiger partial charge in [-0.2, -0.15) is 0 Å². The Morgan fingerprint density at radius 1 is 1.41 bits per heavy atom. The zero-order valence-electron chi connectivity index (χ0n) is 9.22. The van der Waals surface area contributed by atoms with Crippen LogP contribution in [0.15, 0.2) is 24.3 Å². The summed E-state index contributed by atoms with van der Waals surface area (Å²) in [6.45, 7) is 0. The van der Waals surface area contributed by atoms with Crippen LogP contribution in [0.4, 0.5) is 5.69 Å². The van der Waals surface area contributed by atoms with E-state index in [2.05, 4.69) is 5.32 Å². The van der Waals surface area contributed by atoms with Gasteiger partial charge in [0.1, 0.15) is 0 Å². The number of carbonyl (C=O) groups excluding carboxylic acids is 1. The summed E-state index contributed by atoms with van der Waals surface area (Å²) in [4.78, 5) is 11.8. The molecule has 1 aliphatic heterocycles. The van der Waals surface area contributed by atoms with Crippen molar-refractivity contribution in [2.45, 2.75) is 12.5 Å². The second kappa shape index (κ2) is 4.37. The monoisotopic (exact) mass is 254 g/mol. The van der Waals surface area contributed by atoms with Gasteiger partial charge in [0.15, 0.2) is 9.84 Å². The number of nitrogens with one attached hydrogen (secondary N) is 1. The smallest absolute Gasteiger partial charge is 0.251 e. The van der Waals surface area contributed by atoms with Crippen molar-refractivity contribution in [2.75, 3.05) is 17.2 Å². The first-order valence-corrected chi connectivity index (χ1v) is 7.15. The number of nitrogens with two attached hydrogens (primary N) is 1. The highest BCUT2D eigenvalue weighted by atomic mass is 32.2. The van der Waals surface area contributed by atoms with E-state index in [9.17, 15) is 13.2 Å². The Bertz CT molecular complexity index is 539. The first kappa shape index (κ1) is 11.9. The number of hydrogen-bond acceptors (Lipinski definition) is 4. The first-order chi connectivity index (χ1) is 7.96. The standard InChI is InChI=1S/C11H14N2O3S/c12-9-3-1-2-8(6-9)11(14)13-10-4-5-17(15,16)7-10/h1-3,6,10H,4-5,7,12H2,(H,13,14)/t10-/m1/s1. The third-order valence-corrected chi connectivity index (χ3v) is 4.48. The van der Waals surface area contributed by atoms with Crippen molar-refractivity contribution in [2.24, 2.45) is 0 Å². The Balaban J connectivity index is 2.03. The number of anilines is 1. The Hall–Kier alpha value is -1.56. The number of amides is 1. The highest BCUT2D eigenvalue weighted by Gasteiger charge is 2.29. The maximum atomic E-state index is 11.8. The SMILES string of the molecule is Nc1cccc(C(=O)N[C@@H]2CCS(=O)(=O)C2)c1. The number of hydrogen-bond donors (Lipinski definition) is 2. The minimum absolute atomic E-state index is 0.0288. The lowest BCUT2D eigenvalue weighted by Crippen LogP contribution is -2.35. The van der Waals surface area contributed by atoms with Gasteiger partial charge in [-0.1, -0.05) is 6.07 Å². The fourth-order valence-electron chi connectivity index (χ4n) is 1.86. The first-order valence-electron chi connectivity index (χ1n) is 5.33. The predicted molar refractivity (Wildman–Crippen MR) is 65.4 cm³/mol. The summed E-state index contributed by atoms with van der Waals surface area (Å²) >= 11 is 0. The van der Waals surface area contributed by atoms with Crippen LogP contribution < -0.4 is 11.1 Å². The quantitative estimate of drug-likeness (QED) is 0.737. The van der Waals surface area contributed by atoms with Gasteiger partial charge in [0.2, 0.25) is 0 Å². The normalized spacial score (nSPS) is 22.2. The van der Waals surface area contributed by atoms with Gasteiger partial charge in [0, 0.05) is 17.3 Å². The van der Waals surface area contributed by atoms with Crippen LogP contribution in [0.2, 0.25) is 0 Å². The van der Waals surface area contributed by atoms with E-state index >= 15 is 0 Å². The van der Waals surface area contributed by atoms with Gasteiger partial charge in [-0.05, 0) is 24.6 Å². The van der Waals surface area contributed by atoms with E-state index in [4.69, 9.17) is 5.73 Å². The fourth-order valence-corrected chi connectivity index (χ4v) is 3.53. The second-order valence-electron chi connectivity index (χ2n) is 4.20. The summed E-state index contributed by atoms with van der Waals surface area (Å²) in [6.07, 6.45) is 0.483. The molecule has 6 heteroatoms. The van der Waals surface area contributed by atoms with Crippen molar-refractivity contribution in [1.82, 2.24) is 5.32 Å². The Morgan fingerprint density at radius 3 is 2.76 bits per heavy atom. The molecule has 0 bridgehead atoms. The van der Waals surface area contributed by atoms with E-state index in [0.29, 0.717) is 17.7 Å².